The zero-order chi connectivity index (χ0) is 16.9. The Hall–Kier alpha value is -0.980. The van der Waals surface area contributed by atoms with Gasteiger partial charge in [0.2, 0.25) is 0 Å². The summed E-state index contributed by atoms with van der Waals surface area (Å²) in [5, 5.41) is 0.468. The lowest BCUT2D eigenvalue weighted by molar-refractivity contribution is 0.246. The van der Waals surface area contributed by atoms with E-state index in [9.17, 15) is 4.39 Å². The Balaban J connectivity index is 1.80. The molecule has 2 fully saturated rings. The van der Waals surface area contributed by atoms with Crippen molar-refractivity contribution < 1.29 is 4.39 Å². The summed E-state index contributed by atoms with van der Waals surface area (Å²) < 4.78 is 14.4. The number of aliphatic imine (C=N–C) groups is 1. The zero-order valence-electron chi connectivity index (χ0n) is 13.8. The highest BCUT2D eigenvalue weighted by atomic mass is 35.5. The van der Waals surface area contributed by atoms with Crippen LogP contribution in [0.5, 0.6) is 0 Å². The van der Waals surface area contributed by atoms with Gasteiger partial charge >= 0.3 is 0 Å². The van der Waals surface area contributed by atoms with Crippen LogP contribution in [0.25, 0.3) is 0 Å². The van der Waals surface area contributed by atoms with E-state index >= 15 is 0 Å². The van der Waals surface area contributed by atoms with E-state index < -0.39 is 0 Å². The molecule has 2 heterocycles. The Morgan fingerprint density at radius 2 is 1.96 bits per heavy atom. The molecule has 1 atom stereocenters. The largest absolute Gasteiger partial charge is 0.370 e. The summed E-state index contributed by atoms with van der Waals surface area (Å²) in [5.74, 6) is 2.45. The van der Waals surface area contributed by atoms with Gasteiger partial charge in [0.05, 0.1) is 12.6 Å². The van der Waals surface area contributed by atoms with Gasteiger partial charge in [-0.2, -0.15) is 11.8 Å². The van der Waals surface area contributed by atoms with Crippen molar-refractivity contribution in [3.63, 3.8) is 0 Å². The van der Waals surface area contributed by atoms with Gasteiger partial charge in [0, 0.05) is 35.2 Å². The van der Waals surface area contributed by atoms with Crippen molar-refractivity contribution in [2.24, 2.45) is 10.7 Å². The number of rotatable bonds is 4. The van der Waals surface area contributed by atoms with Crippen molar-refractivity contribution in [1.82, 2.24) is 9.80 Å². The molecule has 0 aliphatic carbocycles. The highest BCUT2D eigenvalue weighted by molar-refractivity contribution is 7.99. The molecule has 0 amide bonds. The molecule has 2 N–H and O–H groups in total. The Labute approximate surface area is 152 Å². The topological polar surface area (TPSA) is 44.9 Å². The summed E-state index contributed by atoms with van der Waals surface area (Å²) in [6.07, 6.45) is 2.26. The third-order valence-corrected chi connectivity index (χ3v) is 5.95. The summed E-state index contributed by atoms with van der Waals surface area (Å²) in [6.45, 7) is 4.19. The molecule has 1 aromatic rings. The van der Waals surface area contributed by atoms with Crippen molar-refractivity contribution >= 4 is 29.3 Å². The summed E-state index contributed by atoms with van der Waals surface area (Å²) in [4.78, 5) is 8.98. The van der Waals surface area contributed by atoms with Gasteiger partial charge in [-0.3, -0.25) is 9.89 Å². The molecule has 1 unspecified atom stereocenters. The molecular weight excluding hydrogens is 347 g/mol. The summed E-state index contributed by atoms with van der Waals surface area (Å²) in [5.41, 5.74) is 6.72. The van der Waals surface area contributed by atoms with E-state index in [2.05, 4.69) is 14.8 Å². The number of benzene rings is 1. The second kappa shape index (κ2) is 8.41. The number of likely N-dealkylation sites (tertiary alicyclic amines) is 1. The van der Waals surface area contributed by atoms with E-state index in [1.807, 2.05) is 11.8 Å². The van der Waals surface area contributed by atoms with Gasteiger partial charge in [-0.25, -0.2) is 4.39 Å². The minimum Gasteiger partial charge on any atom is -0.370 e. The predicted octanol–water partition coefficient (Wildman–Crippen LogP) is 2.98. The van der Waals surface area contributed by atoms with Gasteiger partial charge in [0.15, 0.2) is 5.96 Å². The van der Waals surface area contributed by atoms with Crippen LogP contribution in [0.2, 0.25) is 5.02 Å². The van der Waals surface area contributed by atoms with Crippen molar-refractivity contribution in [2.75, 3.05) is 44.2 Å². The van der Waals surface area contributed by atoms with Crippen molar-refractivity contribution in [2.45, 2.75) is 18.9 Å². The van der Waals surface area contributed by atoms with Crippen LogP contribution >= 0.6 is 23.4 Å². The Morgan fingerprint density at radius 3 is 2.62 bits per heavy atom. The van der Waals surface area contributed by atoms with Gasteiger partial charge in [-0.15, -0.1) is 0 Å². The minimum atomic E-state index is -0.262. The van der Waals surface area contributed by atoms with Gasteiger partial charge < -0.3 is 10.6 Å². The molecule has 7 heteroatoms. The average Bonchev–Trinajstić information content (AvgIpc) is 3.12. The zero-order valence-corrected chi connectivity index (χ0v) is 15.3. The summed E-state index contributed by atoms with van der Waals surface area (Å²) >= 11 is 8.24. The fourth-order valence-electron chi connectivity index (χ4n) is 3.34. The molecule has 24 heavy (non-hydrogen) atoms. The van der Waals surface area contributed by atoms with Gasteiger partial charge in [0.25, 0.3) is 0 Å². The molecule has 0 aromatic heterocycles. The third-order valence-electron chi connectivity index (χ3n) is 4.68. The standard InChI is InChI=1S/C17H24ClFN4S/c18-13-4-3-5-14(19)16(13)15(22-6-1-2-7-22)12-21-17(20)23-8-10-24-11-9-23/h3-5,15H,1-2,6-12H2,(H2,20,21). The summed E-state index contributed by atoms with van der Waals surface area (Å²) in [6, 6.07) is 4.71. The Morgan fingerprint density at radius 1 is 1.25 bits per heavy atom. The molecule has 1 aromatic carbocycles. The van der Waals surface area contributed by atoms with E-state index in [1.165, 1.54) is 6.07 Å². The lowest BCUT2D eigenvalue weighted by Gasteiger charge is -2.30. The quantitative estimate of drug-likeness (QED) is 0.653. The summed E-state index contributed by atoms with van der Waals surface area (Å²) in [7, 11) is 0. The molecular formula is C17H24ClFN4S. The number of thioether (sulfide) groups is 1. The molecule has 0 bridgehead atoms. The molecule has 2 aliphatic rings. The molecule has 0 spiro atoms. The fourth-order valence-corrected chi connectivity index (χ4v) is 4.54. The van der Waals surface area contributed by atoms with E-state index in [4.69, 9.17) is 17.3 Å². The van der Waals surface area contributed by atoms with Crippen LogP contribution in [0.3, 0.4) is 0 Å². The second-order valence-corrected chi connectivity index (χ2v) is 7.82. The van der Waals surface area contributed by atoms with E-state index in [0.717, 1.165) is 50.5 Å². The smallest absolute Gasteiger partial charge is 0.191 e. The average molecular weight is 371 g/mol. The maximum atomic E-state index is 14.4. The molecule has 0 radical (unpaired) electrons. The lowest BCUT2D eigenvalue weighted by atomic mass is 10.0. The van der Waals surface area contributed by atoms with E-state index in [1.54, 1.807) is 12.1 Å². The van der Waals surface area contributed by atoms with E-state index in [0.29, 0.717) is 23.1 Å². The first-order chi connectivity index (χ1) is 11.7. The van der Waals surface area contributed by atoms with Crippen LogP contribution in [0.1, 0.15) is 24.4 Å². The number of hydrogen-bond donors (Lipinski definition) is 1. The van der Waals surface area contributed by atoms with Crippen molar-refractivity contribution in [3.8, 4) is 0 Å². The molecule has 2 aliphatic heterocycles. The van der Waals surface area contributed by atoms with Crippen LogP contribution in [-0.2, 0) is 0 Å². The van der Waals surface area contributed by atoms with Crippen LogP contribution in [-0.4, -0.2) is 60.0 Å². The fraction of sp³-hybridized carbons (Fsp3) is 0.588. The lowest BCUT2D eigenvalue weighted by Crippen LogP contribution is -2.43. The Kier molecular flexibility index (Phi) is 6.25. The number of guanidine groups is 1. The predicted molar refractivity (Wildman–Crippen MR) is 100 cm³/mol. The highest BCUT2D eigenvalue weighted by Crippen LogP contribution is 2.32. The Bertz CT molecular complexity index is 566. The maximum Gasteiger partial charge on any atom is 0.191 e. The minimum absolute atomic E-state index is 0.154. The first kappa shape index (κ1) is 17.8. The number of nitrogens with two attached hydrogens (primary N) is 1. The van der Waals surface area contributed by atoms with Crippen LogP contribution in [0.4, 0.5) is 4.39 Å². The van der Waals surface area contributed by atoms with Crippen LogP contribution in [0.15, 0.2) is 23.2 Å². The monoisotopic (exact) mass is 370 g/mol. The van der Waals surface area contributed by atoms with Gasteiger partial charge in [-0.1, -0.05) is 17.7 Å². The van der Waals surface area contributed by atoms with E-state index in [-0.39, 0.29) is 11.9 Å². The molecule has 132 valence electrons. The maximum absolute atomic E-state index is 14.4. The number of hydrogen-bond acceptors (Lipinski definition) is 3. The van der Waals surface area contributed by atoms with Crippen LogP contribution < -0.4 is 5.73 Å². The highest BCUT2D eigenvalue weighted by Gasteiger charge is 2.27. The third kappa shape index (κ3) is 4.16. The molecule has 4 nitrogen and oxygen atoms in total. The first-order valence-electron chi connectivity index (χ1n) is 8.47. The van der Waals surface area contributed by atoms with Crippen LogP contribution in [0, 0.1) is 5.82 Å². The number of halogens is 2. The van der Waals surface area contributed by atoms with Crippen molar-refractivity contribution in [3.05, 3.63) is 34.6 Å². The second-order valence-electron chi connectivity index (χ2n) is 6.19. The first-order valence-corrected chi connectivity index (χ1v) is 10.0. The molecule has 3 rings (SSSR count). The van der Waals surface area contributed by atoms with Gasteiger partial charge in [-0.05, 0) is 38.1 Å². The number of nitrogens with zero attached hydrogens (tertiary/aromatic N) is 3. The van der Waals surface area contributed by atoms with Crippen molar-refractivity contribution in [1.29, 1.82) is 0 Å². The molecule has 2 saturated heterocycles. The normalized spacial score (nSPS) is 21.2. The van der Waals surface area contributed by atoms with Gasteiger partial charge in [0.1, 0.15) is 5.82 Å². The molecule has 0 saturated carbocycles. The SMILES string of the molecule is NC(=NCC(c1c(F)cccc1Cl)N1CCCC1)N1CCSCC1.